The van der Waals surface area contributed by atoms with Gasteiger partial charge in [-0.3, -0.25) is 13.4 Å². The number of fused-ring (bicyclic) bond motifs is 21. The van der Waals surface area contributed by atoms with E-state index in [4.69, 9.17) is 9.31 Å². The van der Waals surface area contributed by atoms with Crippen molar-refractivity contribution in [2.75, 3.05) is 0 Å². The topological polar surface area (TPSA) is 49.3 Å². The van der Waals surface area contributed by atoms with Crippen LogP contribution in [0.4, 0.5) is 0 Å². The molecule has 3 aromatic heterocycles. The zero-order chi connectivity index (χ0) is 41.3. The molecule has 24 rings (SSSR count). The van der Waals surface area contributed by atoms with E-state index in [9.17, 15) is 0 Å². The SMILES string of the molecule is O=c1n2c3c(c4c2n2c5c(c6c(n15)C1CC5CC7CC6CC75C1)B1OC5=C(c6cc7c(c-2c61)B4OC1=C7C2CC4CC(CC1C4)C2)C1CC2CC4CC5CC42C1)C1CC2CC4CC3CC24C1. The predicted molar refractivity (Wildman–Crippen MR) is 252 cm³/mol. The molecule has 17 unspecified atom stereocenters. The van der Waals surface area contributed by atoms with Gasteiger partial charge >= 0.3 is 19.5 Å². The van der Waals surface area contributed by atoms with E-state index >= 15 is 4.79 Å². The summed E-state index contributed by atoms with van der Waals surface area (Å²) in [6.07, 6.45) is 27.3. The minimum Gasteiger partial charge on any atom is -0.554 e. The highest BCUT2D eigenvalue weighted by molar-refractivity contribution is 6.89. The van der Waals surface area contributed by atoms with Crippen LogP contribution in [0.1, 0.15) is 186 Å². The van der Waals surface area contributed by atoms with Crippen LogP contribution >= 0.6 is 0 Å². The van der Waals surface area contributed by atoms with Gasteiger partial charge in [0.1, 0.15) is 11.3 Å². The predicted octanol–water partition coefficient (Wildman–Crippen LogP) is 8.36. The molecular weight excluding hydrogens is 808 g/mol. The van der Waals surface area contributed by atoms with E-state index in [1.54, 1.807) is 33.4 Å². The Labute approximate surface area is 385 Å². The van der Waals surface area contributed by atoms with Crippen LogP contribution in [0.25, 0.3) is 28.1 Å². The zero-order valence-electron chi connectivity index (χ0n) is 38.2. The number of rotatable bonds is 0. The summed E-state index contributed by atoms with van der Waals surface area (Å²) >= 11 is 0. The van der Waals surface area contributed by atoms with Gasteiger partial charge in [0, 0.05) is 62.6 Å². The highest BCUT2D eigenvalue weighted by Crippen LogP contribution is 2.79. The molecule has 13 bridgehead atoms. The number of aromatic nitrogens is 3. The first kappa shape index (κ1) is 33.1. The first-order valence-corrected chi connectivity index (χ1v) is 28.4. The van der Waals surface area contributed by atoms with Crippen LogP contribution in [-0.2, 0) is 9.31 Å². The van der Waals surface area contributed by atoms with Gasteiger partial charge in [0.15, 0.2) is 0 Å². The summed E-state index contributed by atoms with van der Waals surface area (Å²) in [4.78, 5) is 16.8. The third-order valence-corrected chi connectivity index (χ3v) is 27.6. The van der Waals surface area contributed by atoms with Crippen molar-refractivity contribution in [3.05, 3.63) is 61.7 Å². The number of allylic oxidation sites excluding steroid dienone is 4. The molecule has 328 valence electrons. The molecule has 11 fully saturated rings. The highest BCUT2D eigenvalue weighted by Gasteiger charge is 2.72. The van der Waals surface area contributed by atoms with Crippen molar-refractivity contribution < 1.29 is 9.31 Å². The lowest BCUT2D eigenvalue weighted by atomic mass is 9.43. The van der Waals surface area contributed by atoms with Crippen molar-refractivity contribution in [1.82, 2.24) is 13.4 Å². The quantitative estimate of drug-likeness (QED) is 0.167. The van der Waals surface area contributed by atoms with Crippen LogP contribution in [0.5, 0.6) is 0 Å². The summed E-state index contributed by atoms with van der Waals surface area (Å²) < 4.78 is 24.2. The standard InChI is InChI=1S/C58H57B2N3O3/c64-55-62-48-29-9-35-12-33-7-27(17-56(33,35)19-29)42(48)46-53(62)61-50-44-38(40-24-2-22-1-23(3-24)5-25(4-22)51(40)65-59(44)46)15-39-41-26-6-32-14-37-11-31(21-58(32,37)16-26)52(41)66-60(45(39)50)47-43-28-8-34-13-36-10-30(20-57(34,36)18-28)49(43)63(55)54(47)61/h15,22-37H,1-14,16-21H2. The van der Waals surface area contributed by atoms with Gasteiger partial charge in [-0.15, -0.1) is 0 Å². The Kier molecular flexibility index (Phi) is 4.72. The fraction of sp³-hybridized carbons (Fsp3) is 0.672. The average molecular weight is 866 g/mol. The summed E-state index contributed by atoms with van der Waals surface area (Å²) in [5, 5.41) is 0. The molecule has 20 aliphatic rings. The van der Waals surface area contributed by atoms with Crippen molar-refractivity contribution >= 4 is 58.1 Å². The van der Waals surface area contributed by atoms with Gasteiger partial charge in [0.25, 0.3) is 0 Å². The Bertz CT molecular complexity index is 3450. The Balaban J connectivity index is 0.921. The van der Waals surface area contributed by atoms with Crippen LogP contribution < -0.4 is 27.5 Å². The molecule has 1 aromatic carbocycles. The van der Waals surface area contributed by atoms with Crippen molar-refractivity contribution in [1.29, 1.82) is 0 Å². The van der Waals surface area contributed by atoms with E-state index in [0.29, 0.717) is 69.3 Å². The minimum absolute atomic E-state index is 0.130. The largest absolute Gasteiger partial charge is 0.554 e. The molecule has 6 nitrogen and oxygen atoms in total. The van der Waals surface area contributed by atoms with Gasteiger partial charge in [0.2, 0.25) is 0 Å². The van der Waals surface area contributed by atoms with E-state index in [1.807, 2.05) is 0 Å². The average Bonchev–Trinajstić information content (AvgIpc) is 4.15. The van der Waals surface area contributed by atoms with Gasteiger partial charge < -0.3 is 9.31 Å². The second kappa shape index (κ2) is 9.42. The summed E-state index contributed by atoms with van der Waals surface area (Å²) in [5.74, 6) is 14.3. The number of hydrogen-bond donors (Lipinski definition) is 0. The molecule has 17 atom stereocenters. The molecule has 16 aliphatic carbocycles. The summed E-state index contributed by atoms with van der Waals surface area (Å²) in [6.45, 7) is -0.261. The van der Waals surface area contributed by atoms with E-state index in [2.05, 4.69) is 19.4 Å². The molecule has 4 aromatic rings. The van der Waals surface area contributed by atoms with E-state index in [0.717, 1.165) is 47.3 Å². The Morgan fingerprint density at radius 2 is 0.894 bits per heavy atom. The van der Waals surface area contributed by atoms with Crippen molar-refractivity contribution in [2.45, 2.75) is 152 Å². The second-order valence-corrected chi connectivity index (χ2v) is 28.8. The highest BCUT2D eigenvalue weighted by atomic mass is 16.4. The Hall–Kier alpha value is -3.54. The van der Waals surface area contributed by atoms with Crippen LogP contribution in [0.2, 0.25) is 0 Å². The van der Waals surface area contributed by atoms with Crippen LogP contribution in [0.15, 0.2) is 22.4 Å². The fourth-order valence-corrected chi connectivity index (χ4v) is 26.3. The third-order valence-electron chi connectivity index (χ3n) is 27.6. The van der Waals surface area contributed by atoms with Gasteiger partial charge in [-0.2, -0.15) is 0 Å². The number of hydrogen-bond acceptors (Lipinski definition) is 3. The molecule has 3 spiro atoms. The molecule has 0 N–H and O–H groups in total. The first-order valence-electron chi connectivity index (χ1n) is 28.4. The number of benzene rings is 1. The molecule has 8 heteroatoms. The maximum atomic E-state index is 16.8. The van der Waals surface area contributed by atoms with Gasteiger partial charge in [0.05, 0.1) is 11.5 Å². The Morgan fingerprint density at radius 3 is 1.47 bits per heavy atom. The lowest BCUT2D eigenvalue weighted by Gasteiger charge is -2.48. The molecule has 66 heavy (non-hydrogen) atoms. The monoisotopic (exact) mass is 865 g/mol. The second-order valence-electron chi connectivity index (χ2n) is 28.8. The van der Waals surface area contributed by atoms with E-state index in [-0.39, 0.29) is 13.8 Å². The van der Waals surface area contributed by atoms with Gasteiger partial charge in [-0.25, -0.2) is 4.79 Å². The molecular formula is C58H57B2N3O3. The van der Waals surface area contributed by atoms with Crippen molar-refractivity contribution in [3.63, 3.8) is 0 Å². The van der Waals surface area contributed by atoms with Crippen LogP contribution in [0.3, 0.4) is 0 Å². The minimum atomic E-state index is -0.131. The van der Waals surface area contributed by atoms with Crippen molar-refractivity contribution in [3.8, 4) is 5.69 Å². The molecule has 0 saturated heterocycles. The molecule has 0 amide bonds. The molecule has 11 saturated carbocycles. The fourth-order valence-electron chi connectivity index (χ4n) is 26.3. The molecule has 0 radical (unpaired) electrons. The Morgan fingerprint density at radius 1 is 0.455 bits per heavy atom. The normalized spacial score (nSPS) is 50.7. The number of nitrogens with zero attached hydrogens (tertiary/aromatic N) is 3. The lowest BCUT2D eigenvalue weighted by molar-refractivity contribution is 0.00283. The van der Waals surface area contributed by atoms with Gasteiger partial charge in [-0.05, 0) is 255 Å². The molecule has 7 heterocycles. The first-order chi connectivity index (χ1) is 32.4. The van der Waals surface area contributed by atoms with E-state index in [1.165, 1.54) is 190 Å². The summed E-state index contributed by atoms with van der Waals surface area (Å²) in [5.41, 5.74) is 24.5. The van der Waals surface area contributed by atoms with Crippen LogP contribution in [0, 0.1) is 87.3 Å². The third kappa shape index (κ3) is 2.92. The summed E-state index contributed by atoms with van der Waals surface area (Å²) in [7, 11) is 0. The summed E-state index contributed by atoms with van der Waals surface area (Å²) in [6, 6.07) is 2.91. The maximum absolute atomic E-state index is 16.8. The van der Waals surface area contributed by atoms with E-state index < -0.39 is 0 Å². The lowest BCUT2D eigenvalue weighted by Crippen LogP contribution is -2.63. The maximum Gasteiger partial charge on any atom is 0.433 e. The van der Waals surface area contributed by atoms with Crippen molar-refractivity contribution in [2.24, 2.45) is 87.3 Å². The smallest absolute Gasteiger partial charge is 0.433 e. The zero-order valence-corrected chi connectivity index (χ0v) is 38.2. The van der Waals surface area contributed by atoms with Gasteiger partial charge in [-0.1, -0.05) is 0 Å². The molecule has 4 aliphatic heterocycles. The van der Waals surface area contributed by atoms with Crippen LogP contribution in [-0.4, -0.2) is 27.2 Å².